The van der Waals surface area contributed by atoms with Crippen molar-refractivity contribution in [2.45, 2.75) is 37.8 Å². The van der Waals surface area contributed by atoms with Crippen molar-refractivity contribution in [1.82, 2.24) is 20.2 Å². The van der Waals surface area contributed by atoms with Crippen LogP contribution in [0.3, 0.4) is 0 Å². The molecule has 0 unspecified atom stereocenters. The number of urea groups is 1. The van der Waals surface area contributed by atoms with Crippen LogP contribution in [0.25, 0.3) is 0 Å². The van der Waals surface area contributed by atoms with E-state index in [0.717, 1.165) is 19.3 Å². The Kier molecular flexibility index (Phi) is 4.03. The van der Waals surface area contributed by atoms with Gasteiger partial charge >= 0.3 is 12.0 Å². The lowest BCUT2D eigenvalue weighted by molar-refractivity contribution is -0.139. The normalized spacial score (nSPS) is 16.5. The van der Waals surface area contributed by atoms with Crippen LogP contribution in [0.15, 0.2) is 12.5 Å². The standard InChI is InChI=1S/C12H18N4O3/c1-16(9-3-2-4-9)12(19)15-10(11(17)18)5-8-6-13-7-14-8/h6-7,9-10H,2-5H2,1H3,(H,13,14)(H,15,19)(H,17,18)/t10-/m1/s1. The number of aliphatic carboxylic acids is 1. The number of hydrogen-bond donors (Lipinski definition) is 3. The number of nitrogens with one attached hydrogen (secondary N) is 2. The number of imidazole rings is 1. The number of carboxylic acids is 1. The van der Waals surface area contributed by atoms with Crippen molar-refractivity contribution in [3.63, 3.8) is 0 Å². The zero-order valence-corrected chi connectivity index (χ0v) is 10.8. The lowest BCUT2D eigenvalue weighted by Crippen LogP contribution is -2.52. The van der Waals surface area contributed by atoms with Crippen LogP contribution in [-0.2, 0) is 11.2 Å². The van der Waals surface area contributed by atoms with Crippen LogP contribution in [-0.4, -0.2) is 51.1 Å². The SMILES string of the molecule is CN(C(=O)N[C@H](Cc1cnc[nH]1)C(=O)O)C1CCC1. The summed E-state index contributed by atoms with van der Waals surface area (Å²) in [5.74, 6) is -1.05. The molecule has 1 aromatic rings. The van der Waals surface area contributed by atoms with Crippen LogP contribution < -0.4 is 5.32 Å². The number of aromatic nitrogens is 2. The second-order valence-corrected chi connectivity index (χ2v) is 4.82. The second kappa shape index (κ2) is 5.73. The summed E-state index contributed by atoms with van der Waals surface area (Å²) in [6.07, 6.45) is 6.33. The van der Waals surface area contributed by atoms with Gasteiger partial charge in [-0.05, 0) is 19.3 Å². The van der Waals surface area contributed by atoms with Crippen LogP contribution in [0.2, 0.25) is 0 Å². The lowest BCUT2D eigenvalue weighted by Gasteiger charge is -2.35. The third kappa shape index (κ3) is 3.24. The number of carboxylic acid groups (broad SMARTS) is 1. The van der Waals surface area contributed by atoms with E-state index in [0.29, 0.717) is 5.69 Å². The molecule has 7 nitrogen and oxygen atoms in total. The van der Waals surface area contributed by atoms with Crippen molar-refractivity contribution in [2.24, 2.45) is 0 Å². The molecule has 104 valence electrons. The fourth-order valence-corrected chi connectivity index (χ4v) is 2.01. The van der Waals surface area contributed by atoms with Gasteiger partial charge in [-0.2, -0.15) is 0 Å². The summed E-state index contributed by atoms with van der Waals surface area (Å²) in [5, 5.41) is 11.7. The molecule has 1 aliphatic carbocycles. The molecule has 1 fully saturated rings. The summed E-state index contributed by atoms with van der Waals surface area (Å²) in [7, 11) is 1.70. The Bertz CT molecular complexity index is 442. The molecule has 7 heteroatoms. The quantitative estimate of drug-likeness (QED) is 0.726. The average molecular weight is 266 g/mol. The first kappa shape index (κ1) is 13.4. The molecule has 2 amide bonds. The van der Waals surface area contributed by atoms with Gasteiger partial charge in [-0.1, -0.05) is 0 Å². The number of amides is 2. The molecule has 0 spiro atoms. The van der Waals surface area contributed by atoms with Gasteiger partial charge in [0.15, 0.2) is 0 Å². The van der Waals surface area contributed by atoms with Crippen molar-refractivity contribution in [3.8, 4) is 0 Å². The van der Waals surface area contributed by atoms with Crippen LogP contribution in [0.5, 0.6) is 0 Å². The molecule has 1 aliphatic rings. The predicted molar refractivity (Wildman–Crippen MR) is 67.6 cm³/mol. The monoisotopic (exact) mass is 266 g/mol. The van der Waals surface area contributed by atoms with E-state index in [1.165, 1.54) is 6.33 Å². The highest BCUT2D eigenvalue weighted by Gasteiger charge is 2.28. The van der Waals surface area contributed by atoms with E-state index >= 15 is 0 Å². The molecule has 0 aliphatic heterocycles. The molecule has 1 saturated carbocycles. The summed E-state index contributed by atoms with van der Waals surface area (Å²) in [6, 6.07) is -1.05. The van der Waals surface area contributed by atoms with Crippen molar-refractivity contribution in [3.05, 3.63) is 18.2 Å². The number of carbonyl (C=O) groups excluding carboxylic acids is 1. The third-order valence-electron chi connectivity index (χ3n) is 3.52. The average Bonchev–Trinajstić information content (AvgIpc) is 2.78. The smallest absolute Gasteiger partial charge is 0.326 e. The summed E-state index contributed by atoms with van der Waals surface area (Å²) in [6.45, 7) is 0. The van der Waals surface area contributed by atoms with Gasteiger partial charge in [0.05, 0.1) is 6.33 Å². The highest BCUT2D eigenvalue weighted by molar-refractivity contribution is 5.82. The first-order valence-corrected chi connectivity index (χ1v) is 6.31. The summed E-state index contributed by atoms with van der Waals surface area (Å²) < 4.78 is 0. The van der Waals surface area contributed by atoms with Crippen molar-refractivity contribution in [2.75, 3.05) is 7.05 Å². The van der Waals surface area contributed by atoms with Gasteiger partial charge in [0, 0.05) is 31.4 Å². The predicted octanol–water partition coefficient (Wildman–Crippen LogP) is 0.599. The van der Waals surface area contributed by atoms with Gasteiger partial charge in [-0.15, -0.1) is 0 Å². The Morgan fingerprint density at radius 3 is 2.84 bits per heavy atom. The molecule has 0 bridgehead atoms. The molecule has 1 atom stereocenters. The second-order valence-electron chi connectivity index (χ2n) is 4.82. The van der Waals surface area contributed by atoms with Crippen LogP contribution in [0, 0.1) is 0 Å². The molecular formula is C12H18N4O3. The van der Waals surface area contributed by atoms with E-state index in [4.69, 9.17) is 5.11 Å². The van der Waals surface area contributed by atoms with Crippen LogP contribution in [0.1, 0.15) is 25.0 Å². The fourth-order valence-electron chi connectivity index (χ4n) is 2.01. The number of hydrogen-bond acceptors (Lipinski definition) is 3. The highest BCUT2D eigenvalue weighted by Crippen LogP contribution is 2.23. The molecule has 1 heterocycles. The maximum Gasteiger partial charge on any atom is 0.326 e. The van der Waals surface area contributed by atoms with E-state index < -0.39 is 12.0 Å². The molecule has 2 rings (SSSR count). The largest absolute Gasteiger partial charge is 0.480 e. The number of rotatable bonds is 5. The highest BCUT2D eigenvalue weighted by atomic mass is 16.4. The Morgan fingerprint density at radius 1 is 1.63 bits per heavy atom. The number of nitrogens with zero attached hydrogens (tertiary/aromatic N) is 2. The number of aromatic amines is 1. The zero-order valence-electron chi connectivity index (χ0n) is 10.8. The van der Waals surface area contributed by atoms with E-state index in [1.807, 2.05) is 0 Å². The molecule has 19 heavy (non-hydrogen) atoms. The van der Waals surface area contributed by atoms with E-state index in [-0.39, 0.29) is 18.5 Å². The van der Waals surface area contributed by atoms with Crippen molar-refractivity contribution >= 4 is 12.0 Å². The van der Waals surface area contributed by atoms with E-state index in [9.17, 15) is 9.59 Å². The van der Waals surface area contributed by atoms with Gasteiger partial charge in [-0.25, -0.2) is 14.6 Å². The Morgan fingerprint density at radius 2 is 2.37 bits per heavy atom. The summed E-state index contributed by atoms with van der Waals surface area (Å²) in [5.41, 5.74) is 0.680. The van der Waals surface area contributed by atoms with E-state index in [2.05, 4.69) is 15.3 Å². The Balaban J connectivity index is 1.92. The molecule has 0 aromatic carbocycles. The van der Waals surface area contributed by atoms with Gasteiger partial charge in [-0.3, -0.25) is 0 Å². The minimum Gasteiger partial charge on any atom is -0.480 e. The molecule has 3 N–H and O–H groups in total. The number of H-pyrrole nitrogens is 1. The maximum absolute atomic E-state index is 11.9. The van der Waals surface area contributed by atoms with Crippen molar-refractivity contribution in [1.29, 1.82) is 0 Å². The molecule has 0 saturated heterocycles. The zero-order chi connectivity index (χ0) is 13.8. The first-order chi connectivity index (χ1) is 9.08. The Hall–Kier alpha value is -2.05. The van der Waals surface area contributed by atoms with Gasteiger partial charge in [0.1, 0.15) is 6.04 Å². The topological polar surface area (TPSA) is 98.3 Å². The van der Waals surface area contributed by atoms with Gasteiger partial charge in [0.25, 0.3) is 0 Å². The summed E-state index contributed by atoms with van der Waals surface area (Å²) >= 11 is 0. The maximum atomic E-state index is 11.9. The third-order valence-corrected chi connectivity index (χ3v) is 3.52. The first-order valence-electron chi connectivity index (χ1n) is 6.31. The van der Waals surface area contributed by atoms with Gasteiger partial charge in [0.2, 0.25) is 0 Å². The minimum absolute atomic E-state index is 0.194. The summed E-state index contributed by atoms with van der Waals surface area (Å²) in [4.78, 5) is 31.4. The lowest BCUT2D eigenvalue weighted by atomic mass is 9.92. The Labute approximate surface area is 111 Å². The minimum atomic E-state index is -1.05. The molecular weight excluding hydrogens is 248 g/mol. The van der Waals surface area contributed by atoms with Crippen LogP contribution in [0.4, 0.5) is 4.79 Å². The number of carbonyl (C=O) groups is 2. The van der Waals surface area contributed by atoms with Crippen LogP contribution >= 0.6 is 0 Å². The molecule has 0 radical (unpaired) electrons. The van der Waals surface area contributed by atoms with Crippen molar-refractivity contribution < 1.29 is 14.7 Å². The fraction of sp³-hybridized carbons (Fsp3) is 0.583. The molecule has 1 aromatic heterocycles. The van der Waals surface area contributed by atoms with E-state index in [1.54, 1.807) is 18.1 Å². The van der Waals surface area contributed by atoms with Gasteiger partial charge < -0.3 is 20.3 Å².